The molecule has 0 fully saturated rings. The van der Waals surface area contributed by atoms with Crippen molar-refractivity contribution in [3.8, 4) is 5.69 Å². The Morgan fingerprint density at radius 2 is 1.83 bits per heavy atom. The van der Waals surface area contributed by atoms with Crippen LogP contribution >= 0.6 is 0 Å². The average Bonchev–Trinajstić information content (AvgIpc) is 3.24. The third-order valence-electron chi connectivity index (χ3n) is 4.07. The zero-order valence-corrected chi connectivity index (χ0v) is 13.5. The molecule has 0 unspecified atom stereocenters. The van der Waals surface area contributed by atoms with Crippen molar-refractivity contribution in [3.63, 3.8) is 0 Å². The van der Waals surface area contributed by atoms with Crippen molar-refractivity contribution in [3.05, 3.63) is 66.8 Å². The van der Waals surface area contributed by atoms with E-state index in [-0.39, 0.29) is 6.04 Å². The maximum Gasteiger partial charge on any atom is 0.203 e. The van der Waals surface area contributed by atoms with Crippen LogP contribution in [0, 0.1) is 6.92 Å². The minimum absolute atomic E-state index is 0.0957. The molecular weight excluding hydrogens is 302 g/mol. The lowest BCUT2D eigenvalue weighted by atomic mass is 10.1. The number of anilines is 1. The van der Waals surface area contributed by atoms with Crippen molar-refractivity contribution in [2.45, 2.75) is 19.9 Å². The standard InChI is InChI=1S/C17H17N7/c1-12(21-16-17-22-20-11-23(17)9-7-19-16)14-3-5-15(6-4-14)24-10-8-18-13(24)2/h3-12H,1-2H3,(H,19,21)/t12-/m1/s1. The van der Waals surface area contributed by atoms with Crippen LogP contribution in [0.1, 0.15) is 24.4 Å². The Bertz CT molecular complexity index is 968. The molecule has 0 radical (unpaired) electrons. The molecule has 0 saturated heterocycles. The summed E-state index contributed by atoms with van der Waals surface area (Å²) in [6.45, 7) is 4.09. The topological polar surface area (TPSA) is 72.9 Å². The fraction of sp³-hybridized carbons (Fsp3) is 0.176. The monoisotopic (exact) mass is 319 g/mol. The third-order valence-corrected chi connectivity index (χ3v) is 4.07. The van der Waals surface area contributed by atoms with Gasteiger partial charge in [-0.1, -0.05) is 12.1 Å². The molecule has 4 rings (SSSR count). The van der Waals surface area contributed by atoms with E-state index in [0.29, 0.717) is 0 Å². The van der Waals surface area contributed by atoms with E-state index in [1.807, 2.05) is 23.7 Å². The Hall–Kier alpha value is -3.22. The Morgan fingerprint density at radius 1 is 1.04 bits per heavy atom. The number of imidazole rings is 1. The predicted molar refractivity (Wildman–Crippen MR) is 91.1 cm³/mol. The molecule has 4 aromatic rings. The van der Waals surface area contributed by atoms with Gasteiger partial charge in [-0.05, 0) is 31.5 Å². The number of hydrogen-bond donors (Lipinski definition) is 1. The molecule has 0 aliphatic carbocycles. The lowest BCUT2D eigenvalue weighted by Gasteiger charge is -2.16. The molecule has 3 heterocycles. The van der Waals surface area contributed by atoms with E-state index in [2.05, 4.69) is 61.2 Å². The van der Waals surface area contributed by atoms with Crippen LogP contribution in [-0.4, -0.2) is 29.1 Å². The van der Waals surface area contributed by atoms with Crippen molar-refractivity contribution >= 4 is 11.5 Å². The third kappa shape index (κ3) is 2.50. The average molecular weight is 319 g/mol. The zero-order chi connectivity index (χ0) is 16.5. The summed E-state index contributed by atoms with van der Waals surface area (Å²) in [7, 11) is 0. The summed E-state index contributed by atoms with van der Waals surface area (Å²) in [6.07, 6.45) is 8.99. The highest BCUT2D eigenvalue weighted by Gasteiger charge is 2.11. The highest BCUT2D eigenvalue weighted by atomic mass is 15.2. The molecule has 0 spiro atoms. The van der Waals surface area contributed by atoms with E-state index in [1.165, 1.54) is 5.56 Å². The van der Waals surface area contributed by atoms with E-state index in [1.54, 1.807) is 18.7 Å². The largest absolute Gasteiger partial charge is 0.360 e. The van der Waals surface area contributed by atoms with Crippen LogP contribution in [0.2, 0.25) is 0 Å². The summed E-state index contributed by atoms with van der Waals surface area (Å²) in [5, 5.41) is 11.4. The van der Waals surface area contributed by atoms with Gasteiger partial charge in [0, 0.05) is 30.5 Å². The molecule has 24 heavy (non-hydrogen) atoms. The number of aryl methyl sites for hydroxylation is 1. The SMILES string of the molecule is Cc1nccn1-c1ccc([C@@H](C)Nc2nccn3cnnc23)cc1. The van der Waals surface area contributed by atoms with Crippen molar-refractivity contribution in [2.75, 3.05) is 5.32 Å². The second kappa shape index (κ2) is 5.77. The van der Waals surface area contributed by atoms with Crippen molar-refractivity contribution < 1.29 is 0 Å². The quantitative estimate of drug-likeness (QED) is 0.626. The van der Waals surface area contributed by atoms with Gasteiger partial charge in [0.15, 0.2) is 5.82 Å². The number of nitrogens with one attached hydrogen (secondary N) is 1. The number of hydrogen-bond acceptors (Lipinski definition) is 5. The van der Waals surface area contributed by atoms with Crippen LogP contribution in [0.15, 0.2) is 55.4 Å². The van der Waals surface area contributed by atoms with E-state index in [0.717, 1.165) is 23.0 Å². The van der Waals surface area contributed by atoms with Gasteiger partial charge in [0.2, 0.25) is 5.65 Å². The fourth-order valence-corrected chi connectivity index (χ4v) is 2.72. The van der Waals surface area contributed by atoms with Crippen LogP contribution < -0.4 is 5.32 Å². The van der Waals surface area contributed by atoms with E-state index < -0.39 is 0 Å². The first kappa shape index (κ1) is 14.4. The van der Waals surface area contributed by atoms with Gasteiger partial charge >= 0.3 is 0 Å². The van der Waals surface area contributed by atoms with Crippen molar-refractivity contribution in [1.29, 1.82) is 0 Å². The molecular formula is C17H17N7. The number of nitrogens with zero attached hydrogens (tertiary/aromatic N) is 6. The molecule has 7 nitrogen and oxygen atoms in total. The van der Waals surface area contributed by atoms with Gasteiger partial charge in [-0.15, -0.1) is 10.2 Å². The first-order chi connectivity index (χ1) is 11.7. The van der Waals surface area contributed by atoms with Gasteiger partial charge in [0.1, 0.15) is 12.2 Å². The number of fused-ring (bicyclic) bond motifs is 1. The molecule has 120 valence electrons. The molecule has 1 aromatic carbocycles. The molecule has 1 atom stereocenters. The molecule has 0 aliphatic heterocycles. The lowest BCUT2D eigenvalue weighted by molar-refractivity contribution is 0.869. The molecule has 0 aliphatic rings. The maximum absolute atomic E-state index is 4.37. The lowest BCUT2D eigenvalue weighted by Crippen LogP contribution is -2.09. The van der Waals surface area contributed by atoms with Crippen molar-refractivity contribution in [2.24, 2.45) is 0 Å². The number of aromatic nitrogens is 6. The van der Waals surface area contributed by atoms with Crippen LogP contribution in [-0.2, 0) is 0 Å². The Morgan fingerprint density at radius 3 is 2.58 bits per heavy atom. The van der Waals surface area contributed by atoms with Crippen LogP contribution in [0.3, 0.4) is 0 Å². The molecule has 7 heteroatoms. The minimum Gasteiger partial charge on any atom is -0.360 e. The Labute approximate surface area is 139 Å². The van der Waals surface area contributed by atoms with Crippen LogP contribution in [0.5, 0.6) is 0 Å². The van der Waals surface area contributed by atoms with E-state index >= 15 is 0 Å². The first-order valence-corrected chi connectivity index (χ1v) is 7.73. The first-order valence-electron chi connectivity index (χ1n) is 7.73. The Kier molecular flexibility index (Phi) is 3.45. The number of rotatable bonds is 4. The molecule has 3 aromatic heterocycles. The van der Waals surface area contributed by atoms with Crippen LogP contribution in [0.25, 0.3) is 11.3 Å². The summed E-state index contributed by atoms with van der Waals surface area (Å²) in [6, 6.07) is 8.49. The van der Waals surface area contributed by atoms with Gasteiger partial charge in [-0.2, -0.15) is 0 Å². The predicted octanol–water partition coefficient (Wildman–Crippen LogP) is 2.79. The van der Waals surface area contributed by atoms with Gasteiger partial charge in [-0.25, -0.2) is 9.97 Å². The molecule has 0 amide bonds. The highest BCUT2D eigenvalue weighted by molar-refractivity contribution is 5.62. The molecule has 0 saturated carbocycles. The summed E-state index contributed by atoms with van der Waals surface area (Å²) < 4.78 is 3.90. The summed E-state index contributed by atoms with van der Waals surface area (Å²) in [4.78, 5) is 8.62. The zero-order valence-electron chi connectivity index (χ0n) is 13.5. The van der Waals surface area contributed by atoms with Gasteiger partial charge in [-0.3, -0.25) is 4.40 Å². The Balaban J connectivity index is 1.57. The highest BCUT2D eigenvalue weighted by Crippen LogP contribution is 2.21. The van der Waals surface area contributed by atoms with E-state index in [9.17, 15) is 0 Å². The second-order valence-corrected chi connectivity index (χ2v) is 5.64. The summed E-state index contributed by atoms with van der Waals surface area (Å²) in [5.74, 6) is 1.69. The minimum atomic E-state index is 0.0957. The summed E-state index contributed by atoms with van der Waals surface area (Å²) >= 11 is 0. The maximum atomic E-state index is 4.37. The molecule has 1 N–H and O–H groups in total. The normalized spacial score (nSPS) is 12.4. The molecule has 0 bridgehead atoms. The summed E-state index contributed by atoms with van der Waals surface area (Å²) in [5.41, 5.74) is 2.98. The van der Waals surface area contributed by atoms with Gasteiger partial charge in [0.05, 0.1) is 6.04 Å². The van der Waals surface area contributed by atoms with E-state index in [4.69, 9.17) is 0 Å². The van der Waals surface area contributed by atoms with Gasteiger partial charge in [0.25, 0.3) is 0 Å². The van der Waals surface area contributed by atoms with Crippen LogP contribution in [0.4, 0.5) is 5.82 Å². The van der Waals surface area contributed by atoms with Crippen molar-refractivity contribution in [1.82, 2.24) is 29.1 Å². The second-order valence-electron chi connectivity index (χ2n) is 5.64. The fourth-order valence-electron chi connectivity index (χ4n) is 2.72. The number of benzene rings is 1. The smallest absolute Gasteiger partial charge is 0.203 e. The van der Waals surface area contributed by atoms with Gasteiger partial charge < -0.3 is 9.88 Å².